The number of likely N-dealkylation sites (N-methyl/N-ethyl adjacent to an activating group) is 1. The third-order valence-corrected chi connectivity index (χ3v) is 7.07. The number of halogens is 8. The number of alkyl halides is 6. The molecule has 0 aliphatic rings. The summed E-state index contributed by atoms with van der Waals surface area (Å²) >= 11 is 6.31. The van der Waals surface area contributed by atoms with E-state index in [1.165, 1.54) is 39.2 Å². The number of carbonyl (C=O) groups is 1. The van der Waals surface area contributed by atoms with Gasteiger partial charge in [0, 0.05) is 23.6 Å². The van der Waals surface area contributed by atoms with E-state index in [-0.39, 0.29) is 34.3 Å². The number of anilines is 1. The molecule has 0 fully saturated rings. The number of aromatic amines is 1. The summed E-state index contributed by atoms with van der Waals surface area (Å²) in [5.41, 5.74) is -4.19. The van der Waals surface area contributed by atoms with E-state index in [1.54, 1.807) is 6.92 Å². The zero-order chi connectivity index (χ0) is 29.8. The molecule has 5 nitrogen and oxygen atoms in total. The van der Waals surface area contributed by atoms with Gasteiger partial charge in [0.05, 0.1) is 39.1 Å². The number of benzene rings is 2. The van der Waals surface area contributed by atoms with Crippen molar-refractivity contribution in [2.45, 2.75) is 45.0 Å². The molecule has 0 aliphatic heterocycles. The number of aromatic nitrogens is 3. The van der Waals surface area contributed by atoms with Crippen molar-refractivity contribution in [3.8, 4) is 11.1 Å². The van der Waals surface area contributed by atoms with Gasteiger partial charge in [-0.25, -0.2) is 9.37 Å². The molecule has 0 bridgehead atoms. The predicted octanol–water partition coefficient (Wildman–Crippen LogP) is 7.96. The molecule has 0 spiro atoms. The van der Waals surface area contributed by atoms with E-state index in [4.69, 9.17) is 11.6 Å². The van der Waals surface area contributed by atoms with Gasteiger partial charge in [0.1, 0.15) is 5.82 Å². The molecular formula is C27H22ClF7N4O. The van der Waals surface area contributed by atoms with Crippen LogP contribution in [0.3, 0.4) is 0 Å². The zero-order valence-electron chi connectivity index (χ0n) is 21.5. The Morgan fingerprint density at radius 3 is 2.12 bits per heavy atom. The van der Waals surface area contributed by atoms with E-state index in [0.717, 1.165) is 11.0 Å². The van der Waals surface area contributed by atoms with Crippen LogP contribution in [0.4, 0.5) is 36.4 Å². The van der Waals surface area contributed by atoms with Crippen molar-refractivity contribution < 1.29 is 35.5 Å². The summed E-state index contributed by atoms with van der Waals surface area (Å²) in [6.07, 6.45) is -8.53. The molecule has 212 valence electrons. The van der Waals surface area contributed by atoms with E-state index in [1.807, 2.05) is 0 Å². The summed E-state index contributed by atoms with van der Waals surface area (Å²) in [4.78, 5) is 19.6. The summed E-state index contributed by atoms with van der Waals surface area (Å²) in [6.45, 7) is 4.19. The van der Waals surface area contributed by atoms with Gasteiger partial charge in [-0.05, 0) is 50.1 Å². The highest BCUT2D eigenvalue weighted by Crippen LogP contribution is 2.44. The number of pyridine rings is 1. The largest absolute Gasteiger partial charge is 0.416 e. The molecule has 2 aromatic heterocycles. The first-order valence-corrected chi connectivity index (χ1v) is 12.2. The van der Waals surface area contributed by atoms with Crippen LogP contribution in [-0.4, -0.2) is 28.1 Å². The molecule has 2 aromatic carbocycles. The van der Waals surface area contributed by atoms with Gasteiger partial charge in [-0.3, -0.25) is 9.89 Å². The first-order chi connectivity index (χ1) is 18.5. The van der Waals surface area contributed by atoms with Gasteiger partial charge < -0.3 is 4.90 Å². The highest BCUT2D eigenvalue weighted by atomic mass is 35.5. The molecular weight excluding hydrogens is 565 g/mol. The van der Waals surface area contributed by atoms with Gasteiger partial charge in [-0.1, -0.05) is 30.7 Å². The van der Waals surface area contributed by atoms with E-state index < -0.39 is 46.2 Å². The Morgan fingerprint density at radius 2 is 1.57 bits per heavy atom. The van der Waals surface area contributed by atoms with Crippen molar-refractivity contribution in [2.24, 2.45) is 0 Å². The van der Waals surface area contributed by atoms with E-state index in [2.05, 4.69) is 15.2 Å². The van der Waals surface area contributed by atoms with Gasteiger partial charge in [-0.15, -0.1) is 0 Å². The number of nitrogens with one attached hydrogen (secondary N) is 1. The molecule has 40 heavy (non-hydrogen) atoms. The maximum absolute atomic E-state index is 14.5. The second-order valence-corrected chi connectivity index (χ2v) is 10.0. The van der Waals surface area contributed by atoms with Crippen molar-refractivity contribution in [1.82, 2.24) is 15.2 Å². The van der Waals surface area contributed by atoms with Crippen LogP contribution in [0.5, 0.6) is 0 Å². The van der Waals surface area contributed by atoms with Gasteiger partial charge in [0.2, 0.25) is 5.91 Å². The van der Waals surface area contributed by atoms with Crippen LogP contribution in [-0.2, 0) is 29.0 Å². The number of rotatable bonds is 5. The van der Waals surface area contributed by atoms with Crippen molar-refractivity contribution >= 4 is 34.2 Å². The highest BCUT2D eigenvalue weighted by molar-refractivity contribution is 6.34. The smallest absolute Gasteiger partial charge is 0.312 e. The Bertz CT molecular complexity index is 1580. The van der Waals surface area contributed by atoms with Crippen molar-refractivity contribution in [3.05, 3.63) is 75.8 Å². The number of H-pyrrole nitrogens is 1. The van der Waals surface area contributed by atoms with Gasteiger partial charge in [0.25, 0.3) is 0 Å². The Hall–Kier alpha value is -3.67. The average molecular weight is 587 g/mol. The lowest BCUT2D eigenvalue weighted by Gasteiger charge is -2.33. The molecule has 0 aliphatic carbocycles. The van der Waals surface area contributed by atoms with Crippen molar-refractivity contribution in [3.63, 3.8) is 0 Å². The molecule has 0 radical (unpaired) electrons. The molecule has 4 rings (SSSR count). The summed E-state index contributed by atoms with van der Waals surface area (Å²) in [5, 5.41) is 6.81. The average Bonchev–Trinajstić information content (AvgIpc) is 3.35. The number of hydrogen-bond acceptors (Lipinski definition) is 3. The minimum atomic E-state index is -5.09. The lowest BCUT2D eigenvalue weighted by atomic mass is 9.81. The minimum Gasteiger partial charge on any atom is -0.312 e. The first kappa shape index (κ1) is 29.3. The molecule has 0 atom stereocenters. The molecule has 0 saturated carbocycles. The molecule has 4 aromatic rings. The monoisotopic (exact) mass is 586 g/mol. The molecule has 0 unspecified atom stereocenters. The molecule has 1 amide bonds. The highest BCUT2D eigenvalue weighted by Gasteiger charge is 2.41. The molecule has 2 heterocycles. The Balaban J connectivity index is 1.95. The number of carbonyl (C=O) groups excluding carboxylic acids is 1. The quantitative estimate of drug-likeness (QED) is 0.241. The SMILES string of the molecule is CCc1nc2[nH]ncc2c(-c2cccc(F)c2Cl)c1N(C)C(=O)C(C)(C)c1cc(C(F)(F)F)cc(C(F)(F)F)c1. The first-order valence-electron chi connectivity index (χ1n) is 11.9. The minimum absolute atomic E-state index is 0.00373. The maximum atomic E-state index is 14.5. The normalized spacial score (nSPS) is 12.7. The summed E-state index contributed by atoms with van der Waals surface area (Å²) in [7, 11) is 1.32. The second kappa shape index (κ2) is 10.1. The topological polar surface area (TPSA) is 61.9 Å². The fourth-order valence-corrected chi connectivity index (χ4v) is 4.77. The number of hydrogen-bond donors (Lipinski definition) is 1. The van der Waals surface area contributed by atoms with Gasteiger partial charge in [-0.2, -0.15) is 31.4 Å². The lowest BCUT2D eigenvalue weighted by molar-refractivity contribution is -0.143. The number of fused-ring (bicyclic) bond motifs is 1. The van der Waals surface area contributed by atoms with Crippen molar-refractivity contribution in [1.29, 1.82) is 0 Å². The molecule has 0 saturated heterocycles. The fourth-order valence-electron chi connectivity index (χ4n) is 4.54. The summed E-state index contributed by atoms with van der Waals surface area (Å²) in [5.74, 6) is -1.58. The third kappa shape index (κ3) is 5.12. The summed E-state index contributed by atoms with van der Waals surface area (Å²) in [6, 6.07) is 5.13. The number of amides is 1. The molecule has 13 heteroatoms. The zero-order valence-corrected chi connectivity index (χ0v) is 22.3. The third-order valence-electron chi connectivity index (χ3n) is 6.69. The molecule has 1 N–H and O–H groups in total. The standard InChI is InChI=1S/C27H22ClF7N4O/c1-5-19-22(20(17-12-36-38-23(17)37-19)16-7-6-8-18(29)21(16)28)39(4)24(40)25(2,3)13-9-14(26(30,31)32)11-15(10-13)27(33,34)35/h6-12H,5H2,1-4H3,(H,36,37,38). The van der Waals surface area contributed by atoms with Crippen LogP contribution in [0.2, 0.25) is 5.02 Å². The van der Waals surface area contributed by atoms with Crippen molar-refractivity contribution in [2.75, 3.05) is 11.9 Å². The van der Waals surface area contributed by atoms with Crippen LogP contribution >= 0.6 is 11.6 Å². The Labute approximate surface area is 229 Å². The van der Waals surface area contributed by atoms with E-state index in [0.29, 0.717) is 28.9 Å². The Kier molecular flexibility index (Phi) is 7.37. The van der Waals surface area contributed by atoms with Crippen LogP contribution < -0.4 is 4.90 Å². The van der Waals surface area contributed by atoms with Crippen LogP contribution in [0.15, 0.2) is 42.6 Å². The second-order valence-electron chi connectivity index (χ2n) is 9.65. The van der Waals surface area contributed by atoms with Crippen LogP contribution in [0, 0.1) is 5.82 Å². The number of aryl methyl sites for hydroxylation is 1. The van der Waals surface area contributed by atoms with Crippen LogP contribution in [0.1, 0.15) is 43.2 Å². The van der Waals surface area contributed by atoms with Gasteiger partial charge >= 0.3 is 12.4 Å². The maximum Gasteiger partial charge on any atom is 0.416 e. The van der Waals surface area contributed by atoms with E-state index >= 15 is 0 Å². The number of nitrogens with zero attached hydrogens (tertiary/aromatic N) is 3. The Morgan fingerprint density at radius 1 is 1.00 bits per heavy atom. The fraction of sp³-hybridized carbons (Fsp3) is 0.296. The van der Waals surface area contributed by atoms with E-state index in [9.17, 15) is 35.5 Å². The van der Waals surface area contributed by atoms with Gasteiger partial charge in [0.15, 0.2) is 5.65 Å². The lowest BCUT2D eigenvalue weighted by Crippen LogP contribution is -2.42. The predicted molar refractivity (Wildman–Crippen MR) is 137 cm³/mol. The van der Waals surface area contributed by atoms with Crippen LogP contribution in [0.25, 0.3) is 22.2 Å². The summed E-state index contributed by atoms with van der Waals surface area (Å²) < 4.78 is 95.8.